The number of nitrogens with zero attached hydrogens (tertiary/aromatic N) is 3. The minimum absolute atomic E-state index is 0.116. The predicted molar refractivity (Wildman–Crippen MR) is 75.8 cm³/mol. The van der Waals surface area contributed by atoms with Gasteiger partial charge in [0.2, 0.25) is 5.95 Å². The Labute approximate surface area is 118 Å². The molecule has 0 amide bonds. The number of imidazole rings is 1. The molecule has 0 radical (unpaired) electrons. The number of para-hydroxylation sites is 1. The third-order valence-corrected chi connectivity index (χ3v) is 3.14. The van der Waals surface area contributed by atoms with Crippen LogP contribution in [0.25, 0.3) is 11.2 Å². The zero-order valence-electron chi connectivity index (χ0n) is 9.48. The van der Waals surface area contributed by atoms with Crippen LogP contribution in [0.15, 0.2) is 24.5 Å². The van der Waals surface area contributed by atoms with E-state index in [1.807, 2.05) is 0 Å². The number of hydrogen-bond acceptors (Lipinski definition) is 5. The van der Waals surface area contributed by atoms with E-state index in [0.717, 1.165) is 0 Å². The second-order valence-electron chi connectivity index (χ2n) is 3.75. The first-order chi connectivity index (χ1) is 9.15. The molecule has 4 N–H and O–H groups in total. The van der Waals surface area contributed by atoms with Crippen LogP contribution in [-0.2, 0) is 0 Å². The lowest BCUT2D eigenvalue weighted by atomic mass is 10.3. The Hall–Kier alpha value is -2.05. The molecule has 3 rings (SSSR count). The van der Waals surface area contributed by atoms with Crippen molar-refractivity contribution in [2.45, 2.75) is 0 Å². The monoisotopic (exact) mass is 294 g/mol. The number of aromatic nitrogens is 4. The van der Waals surface area contributed by atoms with E-state index in [1.165, 1.54) is 6.33 Å². The quantitative estimate of drug-likeness (QED) is 0.676. The fourth-order valence-electron chi connectivity index (χ4n) is 1.68. The molecule has 2 heterocycles. The number of halogens is 2. The van der Waals surface area contributed by atoms with Gasteiger partial charge in [-0.15, -0.1) is 0 Å². The zero-order chi connectivity index (χ0) is 13.4. The number of H-pyrrole nitrogens is 1. The van der Waals surface area contributed by atoms with Gasteiger partial charge >= 0.3 is 0 Å². The molecule has 0 saturated carbocycles. The van der Waals surface area contributed by atoms with Crippen LogP contribution < -0.4 is 11.1 Å². The Kier molecular flexibility index (Phi) is 2.88. The fraction of sp³-hybridized carbons (Fsp3) is 0. The summed E-state index contributed by atoms with van der Waals surface area (Å²) in [6, 6.07) is 5.21. The maximum absolute atomic E-state index is 6.10. The van der Waals surface area contributed by atoms with Crippen molar-refractivity contribution < 1.29 is 0 Å². The molecule has 2 aromatic heterocycles. The molecule has 0 atom stereocenters. The summed E-state index contributed by atoms with van der Waals surface area (Å²) in [5, 5.41) is 4.01. The van der Waals surface area contributed by atoms with Crippen LogP contribution in [0.1, 0.15) is 0 Å². The summed E-state index contributed by atoms with van der Waals surface area (Å²) in [6.07, 6.45) is 1.51. The van der Waals surface area contributed by atoms with Gasteiger partial charge in [-0.2, -0.15) is 9.97 Å². The molecule has 6 nitrogen and oxygen atoms in total. The first-order valence-corrected chi connectivity index (χ1v) is 6.08. The molecule has 96 valence electrons. The van der Waals surface area contributed by atoms with E-state index >= 15 is 0 Å². The lowest BCUT2D eigenvalue weighted by Gasteiger charge is -2.10. The summed E-state index contributed by atoms with van der Waals surface area (Å²) >= 11 is 12.2. The summed E-state index contributed by atoms with van der Waals surface area (Å²) < 4.78 is 0. The molecule has 0 aliphatic carbocycles. The van der Waals surface area contributed by atoms with Gasteiger partial charge in [-0.05, 0) is 12.1 Å². The largest absolute Gasteiger partial charge is 0.368 e. The van der Waals surface area contributed by atoms with Gasteiger partial charge in [0, 0.05) is 0 Å². The fourth-order valence-corrected chi connectivity index (χ4v) is 2.17. The molecule has 19 heavy (non-hydrogen) atoms. The Morgan fingerprint density at radius 3 is 2.63 bits per heavy atom. The summed E-state index contributed by atoms with van der Waals surface area (Å²) in [7, 11) is 0. The van der Waals surface area contributed by atoms with Crippen molar-refractivity contribution in [1.29, 1.82) is 0 Å². The van der Waals surface area contributed by atoms with Crippen molar-refractivity contribution in [2.75, 3.05) is 11.1 Å². The number of hydrogen-bond donors (Lipinski definition) is 3. The van der Waals surface area contributed by atoms with Gasteiger partial charge in [0.25, 0.3) is 0 Å². The molecule has 8 heteroatoms. The summed E-state index contributed by atoms with van der Waals surface area (Å²) in [6.45, 7) is 0. The maximum atomic E-state index is 6.10. The van der Waals surface area contributed by atoms with E-state index in [0.29, 0.717) is 32.7 Å². The van der Waals surface area contributed by atoms with E-state index in [-0.39, 0.29) is 5.95 Å². The average Bonchev–Trinajstić information content (AvgIpc) is 2.81. The van der Waals surface area contributed by atoms with Gasteiger partial charge in [-0.1, -0.05) is 29.3 Å². The first kappa shape index (κ1) is 12.0. The van der Waals surface area contributed by atoms with E-state index < -0.39 is 0 Å². The van der Waals surface area contributed by atoms with Crippen LogP contribution in [0.4, 0.5) is 17.5 Å². The molecule has 3 aromatic rings. The second-order valence-corrected chi connectivity index (χ2v) is 4.57. The molecule has 0 fully saturated rings. The number of aromatic amines is 1. The SMILES string of the molecule is Nc1nc(Nc2c(Cl)cccc2Cl)c2[nH]cnc2n1. The minimum Gasteiger partial charge on any atom is -0.368 e. The van der Waals surface area contributed by atoms with Gasteiger partial charge in [-0.3, -0.25) is 0 Å². The van der Waals surface area contributed by atoms with Crippen LogP contribution in [0.3, 0.4) is 0 Å². The molecule has 0 spiro atoms. The van der Waals surface area contributed by atoms with Crippen molar-refractivity contribution in [3.8, 4) is 0 Å². The van der Waals surface area contributed by atoms with Crippen molar-refractivity contribution in [3.05, 3.63) is 34.6 Å². The van der Waals surface area contributed by atoms with Gasteiger partial charge < -0.3 is 16.0 Å². The number of nitrogens with two attached hydrogens (primary N) is 1. The number of fused-ring (bicyclic) bond motifs is 1. The van der Waals surface area contributed by atoms with E-state index in [4.69, 9.17) is 28.9 Å². The molecule has 0 bridgehead atoms. The molecule has 0 saturated heterocycles. The number of benzene rings is 1. The van der Waals surface area contributed by atoms with Crippen LogP contribution >= 0.6 is 23.2 Å². The zero-order valence-corrected chi connectivity index (χ0v) is 11.0. The average molecular weight is 295 g/mol. The van der Waals surface area contributed by atoms with Crippen LogP contribution in [0, 0.1) is 0 Å². The highest BCUT2D eigenvalue weighted by atomic mass is 35.5. The highest BCUT2D eigenvalue weighted by molar-refractivity contribution is 6.39. The molecule has 0 aliphatic rings. The van der Waals surface area contributed by atoms with Gasteiger partial charge in [0.05, 0.1) is 22.1 Å². The molecule has 0 unspecified atom stereocenters. The van der Waals surface area contributed by atoms with Crippen LogP contribution in [-0.4, -0.2) is 19.9 Å². The number of rotatable bonds is 2. The normalized spacial score (nSPS) is 10.8. The highest BCUT2D eigenvalue weighted by Crippen LogP contribution is 2.33. The Balaban J connectivity index is 2.13. The summed E-state index contributed by atoms with van der Waals surface area (Å²) in [5.41, 5.74) is 7.29. The Bertz CT molecular complexity index is 734. The van der Waals surface area contributed by atoms with Crippen molar-refractivity contribution in [2.24, 2.45) is 0 Å². The van der Waals surface area contributed by atoms with Crippen molar-refractivity contribution >= 4 is 51.8 Å². The smallest absolute Gasteiger partial charge is 0.224 e. The van der Waals surface area contributed by atoms with Crippen LogP contribution in [0.5, 0.6) is 0 Å². The molecular formula is C11H8Cl2N6. The summed E-state index contributed by atoms with van der Waals surface area (Å²) in [5.74, 6) is 0.584. The van der Waals surface area contributed by atoms with Gasteiger partial charge in [0.1, 0.15) is 5.52 Å². The standard InChI is InChI=1S/C11H8Cl2N6/c12-5-2-1-3-6(13)7(5)17-10-8-9(16-4-15-8)18-11(14)19-10/h1-4H,(H4,14,15,16,17,18,19). The molecule has 1 aromatic carbocycles. The third kappa shape index (κ3) is 2.16. The van der Waals surface area contributed by atoms with Crippen molar-refractivity contribution in [3.63, 3.8) is 0 Å². The van der Waals surface area contributed by atoms with Gasteiger partial charge in [-0.25, -0.2) is 4.98 Å². The second kappa shape index (κ2) is 4.56. The lowest BCUT2D eigenvalue weighted by molar-refractivity contribution is 1.21. The summed E-state index contributed by atoms with van der Waals surface area (Å²) in [4.78, 5) is 15.1. The number of anilines is 3. The van der Waals surface area contributed by atoms with E-state index in [9.17, 15) is 0 Å². The molecular weight excluding hydrogens is 287 g/mol. The predicted octanol–water partition coefficient (Wildman–Crippen LogP) is 2.99. The number of nitrogens with one attached hydrogen (secondary N) is 2. The Morgan fingerprint density at radius 2 is 1.89 bits per heavy atom. The van der Waals surface area contributed by atoms with E-state index in [1.54, 1.807) is 18.2 Å². The van der Waals surface area contributed by atoms with E-state index in [2.05, 4.69) is 25.3 Å². The topological polar surface area (TPSA) is 92.5 Å². The third-order valence-electron chi connectivity index (χ3n) is 2.51. The van der Waals surface area contributed by atoms with Crippen molar-refractivity contribution in [1.82, 2.24) is 19.9 Å². The van der Waals surface area contributed by atoms with Crippen LogP contribution in [0.2, 0.25) is 10.0 Å². The lowest BCUT2D eigenvalue weighted by Crippen LogP contribution is -2.02. The Morgan fingerprint density at radius 1 is 1.16 bits per heavy atom. The first-order valence-electron chi connectivity index (χ1n) is 5.33. The minimum atomic E-state index is 0.116. The number of nitrogen functional groups attached to an aromatic ring is 1. The highest BCUT2D eigenvalue weighted by Gasteiger charge is 2.12. The maximum Gasteiger partial charge on any atom is 0.224 e. The van der Waals surface area contributed by atoms with Gasteiger partial charge in [0.15, 0.2) is 11.5 Å². The molecule has 0 aliphatic heterocycles.